The normalized spacial score (nSPS) is 10.2. The van der Waals surface area contributed by atoms with Crippen molar-refractivity contribution in [3.8, 4) is 0 Å². The summed E-state index contributed by atoms with van der Waals surface area (Å²) in [7, 11) is 0. The van der Waals surface area contributed by atoms with E-state index in [1.807, 2.05) is 0 Å². The number of benzene rings is 1. The quantitative estimate of drug-likeness (QED) is 0.688. The maximum atomic E-state index is 13.3. The van der Waals surface area contributed by atoms with Gasteiger partial charge in [0.05, 0.1) is 11.0 Å². The number of aromatic nitrogens is 1. The van der Waals surface area contributed by atoms with Gasteiger partial charge in [-0.2, -0.15) is 0 Å². The van der Waals surface area contributed by atoms with E-state index in [9.17, 15) is 19.3 Å². The number of nitro groups is 1. The van der Waals surface area contributed by atoms with Crippen molar-refractivity contribution in [2.24, 2.45) is 0 Å². The van der Waals surface area contributed by atoms with Gasteiger partial charge < -0.3 is 5.11 Å². The summed E-state index contributed by atoms with van der Waals surface area (Å²) in [5.74, 6) is -1.91. The van der Waals surface area contributed by atoms with Gasteiger partial charge in [0.2, 0.25) is 0 Å². The molecular weight excluding hydrogens is 287 g/mol. The molecule has 1 aromatic carbocycles. The van der Waals surface area contributed by atoms with Gasteiger partial charge in [0.25, 0.3) is 5.69 Å². The topological polar surface area (TPSA) is 93.3 Å². The predicted molar refractivity (Wildman–Crippen MR) is 68.4 cm³/mol. The third kappa shape index (κ3) is 3.29. The van der Waals surface area contributed by atoms with Crippen molar-refractivity contribution in [1.82, 2.24) is 4.98 Å². The van der Waals surface area contributed by atoms with Crippen molar-refractivity contribution in [3.05, 3.63) is 58.2 Å². The van der Waals surface area contributed by atoms with Crippen LogP contribution in [-0.2, 0) is 0 Å². The summed E-state index contributed by atoms with van der Waals surface area (Å²) in [6.45, 7) is 0. The van der Waals surface area contributed by atoms with Crippen molar-refractivity contribution < 1.29 is 19.2 Å². The van der Waals surface area contributed by atoms with E-state index in [1.54, 1.807) is 0 Å². The molecule has 1 heterocycles. The zero-order valence-corrected chi connectivity index (χ0v) is 10.6. The van der Waals surface area contributed by atoms with E-state index >= 15 is 0 Å². The first-order chi connectivity index (χ1) is 9.45. The lowest BCUT2D eigenvalue weighted by molar-refractivity contribution is -0.385. The minimum absolute atomic E-state index is 0.152. The molecule has 1 aromatic heterocycles. The highest BCUT2D eigenvalue weighted by molar-refractivity contribution is 7.99. The molecule has 0 amide bonds. The Hall–Kier alpha value is -2.48. The monoisotopic (exact) mass is 294 g/mol. The highest BCUT2D eigenvalue weighted by Crippen LogP contribution is 2.31. The standard InChI is InChI=1S/C12H7FN2O4S/c13-7-3-8(15(18)19)5-10(4-7)20-9-1-2-14-11(6-9)12(16)17/h1-6H,(H,16,17). The van der Waals surface area contributed by atoms with Crippen molar-refractivity contribution in [3.63, 3.8) is 0 Å². The van der Waals surface area contributed by atoms with E-state index in [1.165, 1.54) is 24.4 Å². The number of aromatic carboxylic acids is 1. The highest BCUT2D eigenvalue weighted by atomic mass is 32.2. The Morgan fingerprint density at radius 1 is 1.30 bits per heavy atom. The maximum Gasteiger partial charge on any atom is 0.354 e. The molecule has 0 aliphatic rings. The van der Waals surface area contributed by atoms with Crippen LogP contribution in [0, 0.1) is 15.9 Å². The van der Waals surface area contributed by atoms with E-state index in [-0.39, 0.29) is 11.4 Å². The molecule has 6 nitrogen and oxygen atoms in total. The molecule has 1 N–H and O–H groups in total. The number of pyridine rings is 1. The number of nitro benzene ring substituents is 1. The van der Waals surface area contributed by atoms with Crippen LogP contribution in [0.25, 0.3) is 0 Å². The molecule has 2 aromatic rings. The van der Waals surface area contributed by atoms with Crippen molar-refractivity contribution in [2.45, 2.75) is 9.79 Å². The van der Waals surface area contributed by atoms with Gasteiger partial charge in [-0.25, -0.2) is 14.2 Å². The third-order valence-corrected chi connectivity index (χ3v) is 3.21. The second-order valence-electron chi connectivity index (χ2n) is 3.69. The Kier molecular flexibility index (Phi) is 3.94. The van der Waals surface area contributed by atoms with Gasteiger partial charge in [-0.15, -0.1) is 0 Å². The molecular formula is C12H7FN2O4S. The van der Waals surface area contributed by atoms with Gasteiger partial charge in [0.1, 0.15) is 11.5 Å². The third-order valence-electron chi connectivity index (χ3n) is 2.25. The molecule has 0 saturated carbocycles. The summed E-state index contributed by atoms with van der Waals surface area (Å²) < 4.78 is 13.3. The first-order valence-corrected chi connectivity index (χ1v) is 6.09. The van der Waals surface area contributed by atoms with Crippen LogP contribution in [0.15, 0.2) is 46.3 Å². The fraction of sp³-hybridized carbons (Fsp3) is 0. The van der Waals surface area contributed by atoms with Crippen LogP contribution in [0.5, 0.6) is 0 Å². The molecule has 102 valence electrons. The minimum Gasteiger partial charge on any atom is -0.477 e. The van der Waals surface area contributed by atoms with E-state index in [0.29, 0.717) is 9.79 Å². The predicted octanol–water partition coefficient (Wildman–Crippen LogP) is 2.98. The first kappa shape index (κ1) is 13.9. The highest BCUT2D eigenvalue weighted by Gasteiger charge is 2.12. The Morgan fingerprint density at radius 2 is 2.05 bits per heavy atom. The summed E-state index contributed by atoms with van der Waals surface area (Å²) >= 11 is 1.02. The van der Waals surface area contributed by atoms with Crippen LogP contribution in [-0.4, -0.2) is 21.0 Å². The Balaban J connectivity index is 2.32. The first-order valence-electron chi connectivity index (χ1n) is 5.28. The molecule has 0 unspecified atom stereocenters. The fourth-order valence-electron chi connectivity index (χ4n) is 1.44. The second-order valence-corrected chi connectivity index (χ2v) is 4.83. The second kappa shape index (κ2) is 5.66. The van der Waals surface area contributed by atoms with Crippen LogP contribution >= 0.6 is 11.8 Å². The van der Waals surface area contributed by atoms with Gasteiger partial charge in [-0.05, 0) is 18.2 Å². The van der Waals surface area contributed by atoms with Crippen molar-refractivity contribution in [1.29, 1.82) is 0 Å². The zero-order chi connectivity index (χ0) is 14.7. The largest absolute Gasteiger partial charge is 0.477 e. The molecule has 0 bridgehead atoms. The van der Waals surface area contributed by atoms with Crippen LogP contribution in [0.4, 0.5) is 10.1 Å². The lowest BCUT2D eigenvalue weighted by Gasteiger charge is -2.03. The number of nitrogens with zero attached hydrogens (tertiary/aromatic N) is 2. The lowest BCUT2D eigenvalue weighted by atomic mass is 10.3. The van der Waals surface area contributed by atoms with Crippen molar-refractivity contribution in [2.75, 3.05) is 0 Å². The van der Waals surface area contributed by atoms with Gasteiger partial charge in [-0.1, -0.05) is 11.8 Å². The Labute approximate surface area is 116 Å². The molecule has 0 radical (unpaired) electrons. The molecule has 0 aliphatic heterocycles. The van der Waals surface area contributed by atoms with E-state index in [4.69, 9.17) is 5.11 Å². The Morgan fingerprint density at radius 3 is 2.70 bits per heavy atom. The van der Waals surface area contributed by atoms with Crippen LogP contribution < -0.4 is 0 Å². The number of hydrogen-bond acceptors (Lipinski definition) is 5. The molecule has 0 aliphatic carbocycles. The van der Waals surface area contributed by atoms with Gasteiger partial charge in [0, 0.05) is 22.1 Å². The molecule has 0 saturated heterocycles. The van der Waals surface area contributed by atoms with Crippen LogP contribution in [0.2, 0.25) is 0 Å². The van der Waals surface area contributed by atoms with Crippen LogP contribution in [0.1, 0.15) is 10.5 Å². The summed E-state index contributed by atoms with van der Waals surface area (Å²) in [6.07, 6.45) is 1.31. The number of carboxylic acids is 1. The van der Waals surface area contributed by atoms with E-state index in [0.717, 1.165) is 23.9 Å². The van der Waals surface area contributed by atoms with Crippen LogP contribution in [0.3, 0.4) is 0 Å². The zero-order valence-electron chi connectivity index (χ0n) is 9.82. The average molecular weight is 294 g/mol. The maximum absolute atomic E-state index is 13.3. The summed E-state index contributed by atoms with van der Waals surface area (Å²) in [4.78, 5) is 25.2. The SMILES string of the molecule is O=C(O)c1cc(Sc2cc(F)cc([N+](=O)[O-])c2)ccn1. The molecule has 0 fully saturated rings. The van der Waals surface area contributed by atoms with E-state index in [2.05, 4.69) is 4.98 Å². The minimum atomic E-state index is -1.18. The number of carbonyl (C=O) groups is 1. The summed E-state index contributed by atoms with van der Waals surface area (Å²) in [6, 6.07) is 6.02. The van der Waals surface area contributed by atoms with Crippen molar-refractivity contribution >= 4 is 23.4 Å². The summed E-state index contributed by atoms with van der Waals surface area (Å²) in [5.41, 5.74) is -0.513. The molecule has 0 atom stereocenters. The number of carboxylic acid groups (broad SMARTS) is 1. The fourth-order valence-corrected chi connectivity index (χ4v) is 2.36. The molecule has 2 rings (SSSR count). The molecule has 8 heteroatoms. The average Bonchev–Trinajstić information content (AvgIpc) is 2.38. The smallest absolute Gasteiger partial charge is 0.354 e. The number of non-ortho nitro benzene ring substituents is 1. The number of halogens is 1. The Bertz CT molecular complexity index is 693. The van der Waals surface area contributed by atoms with E-state index < -0.39 is 16.7 Å². The van der Waals surface area contributed by atoms with Gasteiger partial charge >= 0.3 is 5.97 Å². The molecule has 0 spiro atoms. The summed E-state index contributed by atoms with van der Waals surface area (Å²) in [5, 5.41) is 19.5. The molecule has 20 heavy (non-hydrogen) atoms. The van der Waals surface area contributed by atoms with Gasteiger partial charge in [-0.3, -0.25) is 10.1 Å². The number of rotatable bonds is 4. The lowest BCUT2D eigenvalue weighted by Crippen LogP contribution is -1.99. The number of hydrogen-bond donors (Lipinski definition) is 1. The van der Waals surface area contributed by atoms with Gasteiger partial charge in [0.15, 0.2) is 0 Å².